The number of hydrogen-bond acceptors (Lipinski definition) is 8. The summed E-state index contributed by atoms with van der Waals surface area (Å²) < 4.78 is 35.2. The quantitative estimate of drug-likeness (QED) is 0.132. The standard InChI is InChI=1S/C32H50N2O7Si2/c1-22(2)42(23(3)4)38-28-29(39-43(41-42,24(5)6)25(7)8)32(17-18-35,34-37-20-26-15-13-12-14-16-26)27(33-11)19-31(28)21-36-30(9,10)40-31/h12-16,18-19,22-25,28-29,34H,17,20-21H2,1-10H3. The van der Waals surface area contributed by atoms with Crippen LogP contribution in [0.4, 0.5) is 0 Å². The molecule has 238 valence electrons. The summed E-state index contributed by atoms with van der Waals surface area (Å²) in [6.07, 6.45) is 0.959. The van der Waals surface area contributed by atoms with Crippen molar-refractivity contribution in [1.29, 1.82) is 0 Å². The Bertz CT molecular complexity index is 1200. The van der Waals surface area contributed by atoms with Crippen LogP contribution in [0.2, 0.25) is 22.2 Å². The molecule has 1 spiro atoms. The molecule has 43 heavy (non-hydrogen) atoms. The highest BCUT2D eigenvalue weighted by Gasteiger charge is 2.70. The van der Waals surface area contributed by atoms with Crippen molar-refractivity contribution in [3.8, 4) is 0 Å². The zero-order chi connectivity index (χ0) is 31.8. The molecule has 1 aromatic carbocycles. The first kappa shape index (κ1) is 34.2. The fourth-order valence-electron chi connectivity index (χ4n) is 6.94. The average Bonchev–Trinajstić information content (AvgIpc) is 3.13. The van der Waals surface area contributed by atoms with E-state index in [-0.39, 0.29) is 47.5 Å². The highest BCUT2D eigenvalue weighted by atomic mass is 28.5. The predicted octanol–water partition coefficient (Wildman–Crippen LogP) is 6.70. The summed E-state index contributed by atoms with van der Waals surface area (Å²) in [6, 6.07) is 9.75. The number of hydroxylamine groups is 1. The van der Waals surface area contributed by atoms with E-state index < -0.39 is 46.3 Å². The van der Waals surface area contributed by atoms with E-state index in [1.807, 2.05) is 44.2 Å². The molecule has 1 aliphatic carbocycles. The average molecular weight is 631 g/mol. The number of fused-ring (bicyclic) bond motifs is 2. The summed E-state index contributed by atoms with van der Waals surface area (Å²) >= 11 is 0. The van der Waals surface area contributed by atoms with Crippen LogP contribution >= 0.6 is 0 Å². The maximum Gasteiger partial charge on any atom is 0.335 e. The number of ether oxygens (including phenoxy) is 2. The summed E-state index contributed by atoms with van der Waals surface area (Å²) in [4.78, 5) is 22.7. The van der Waals surface area contributed by atoms with Crippen LogP contribution in [-0.2, 0) is 38.7 Å². The Labute approximate surface area is 259 Å². The first-order valence-corrected chi connectivity index (χ1v) is 19.4. The van der Waals surface area contributed by atoms with Crippen molar-refractivity contribution in [2.24, 2.45) is 0 Å². The molecule has 0 saturated carbocycles. The first-order chi connectivity index (χ1) is 20.1. The molecule has 0 aromatic heterocycles. The molecule has 1 N–H and O–H groups in total. The van der Waals surface area contributed by atoms with Crippen molar-refractivity contribution in [2.45, 2.75) is 134 Å². The van der Waals surface area contributed by atoms with Gasteiger partial charge in [-0.15, -0.1) is 0 Å². The number of benzene rings is 1. The normalized spacial score (nSPS) is 31.2. The van der Waals surface area contributed by atoms with Gasteiger partial charge in [-0.25, -0.2) is 4.85 Å². The molecule has 11 heteroatoms. The summed E-state index contributed by atoms with van der Waals surface area (Å²) in [5.74, 6) is -0.920. The largest absolute Gasteiger partial charge is 0.414 e. The zero-order valence-corrected chi connectivity index (χ0v) is 29.4. The molecule has 2 heterocycles. The van der Waals surface area contributed by atoms with Crippen LogP contribution in [0.3, 0.4) is 0 Å². The SMILES string of the molecule is [C-]#[N+]C1=CC2(COC(C)(C)O2)C2O[Si](C(C)C)(C(C)C)O[Si](C(C)C)(C(C)C)OC2C1(CC=O)NOCc1ccccc1. The minimum atomic E-state index is -3.12. The van der Waals surface area contributed by atoms with Gasteiger partial charge in [-0.2, -0.15) is 5.48 Å². The second kappa shape index (κ2) is 12.6. The van der Waals surface area contributed by atoms with Gasteiger partial charge in [0.25, 0.3) is 0 Å². The zero-order valence-electron chi connectivity index (χ0n) is 27.4. The van der Waals surface area contributed by atoms with Crippen molar-refractivity contribution in [3.63, 3.8) is 0 Å². The molecule has 2 fully saturated rings. The maximum absolute atomic E-state index is 12.5. The van der Waals surface area contributed by atoms with E-state index >= 15 is 0 Å². The van der Waals surface area contributed by atoms with Gasteiger partial charge in [-0.1, -0.05) is 85.7 Å². The van der Waals surface area contributed by atoms with Crippen LogP contribution in [0.5, 0.6) is 0 Å². The lowest BCUT2D eigenvalue weighted by Crippen LogP contribution is -2.71. The lowest BCUT2D eigenvalue weighted by molar-refractivity contribution is -0.194. The molecular formula is C32H50N2O7Si2. The Balaban J connectivity index is 1.99. The molecule has 3 aliphatic rings. The van der Waals surface area contributed by atoms with Crippen LogP contribution in [0, 0.1) is 6.57 Å². The summed E-state index contributed by atoms with van der Waals surface area (Å²) in [5.41, 5.74) is 2.21. The number of aldehydes is 1. The van der Waals surface area contributed by atoms with Gasteiger partial charge < -0.3 is 27.2 Å². The fourth-order valence-corrected chi connectivity index (χ4v) is 18.3. The fraction of sp³-hybridized carbons (Fsp3) is 0.688. The van der Waals surface area contributed by atoms with Gasteiger partial charge in [0.05, 0.1) is 25.9 Å². The van der Waals surface area contributed by atoms with Gasteiger partial charge >= 0.3 is 17.1 Å². The molecule has 2 aliphatic heterocycles. The van der Waals surface area contributed by atoms with Gasteiger partial charge in [0, 0.05) is 6.42 Å². The van der Waals surface area contributed by atoms with Crippen molar-refractivity contribution in [3.05, 3.63) is 59.1 Å². The number of nitrogens with one attached hydrogen (secondary N) is 1. The van der Waals surface area contributed by atoms with E-state index in [1.54, 1.807) is 6.08 Å². The van der Waals surface area contributed by atoms with E-state index in [1.165, 1.54) is 0 Å². The van der Waals surface area contributed by atoms with Crippen LogP contribution in [0.15, 0.2) is 42.1 Å². The molecule has 9 nitrogen and oxygen atoms in total. The number of rotatable bonds is 10. The van der Waals surface area contributed by atoms with Crippen LogP contribution in [0.25, 0.3) is 4.85 Å². The van der Waals surface area contributed by atoms with Crippen LogP contribution in [0.1, 0.15) is 81.2 Å². The van der Waals surface area contributed by atoms with E-state index in [0.29, 0.717) is 0 Å². The van der Waals surface area contributed by atoms with E-state index in [2.05, 4.69) is 65.7 Å². The molecule has 2 saturated heterocycles. The van der Waals surface area contributed by atoms with Gasteiger partial charge in [-0.3, -0.25) is 4.84 Å². The third kappa shape index (κ3) is 5.99. The number of carbonyl (C=O) groups is 1. The smallest absolute Gasteiger partial charge is 0.335 e. The van der Waals surface area contributed by atoms with Gasteiger partial charge in [0.1, 0.15) is 23.5 Å². The predicted molar refractivity (Wildman–Crippen MR) is 169 cm³/mol. The molecule has 4 unspecified atom stereocenters. The lowest BCUT2D eigenvalue weighted by atomic mass is 9.72. The Kier molecular flexibility index (Phi) is 9.99. The highest BCUT2D eigenvalue weighted by Crippen LogP contribution is 2.55. The van der Waals surface area contributed by atoms with Gasteiger partial charge in [0.15, 0.2) is 11.5 Å². The topological polar surface area (TPSA) is 88.8 Å². The minimum Gasteiger partial charge on any atom is -0.414 e. The van der Waals surface area contributed by atoms with E-state index in [9.17, 15) is 4.79 Å². The molecular weight excluding hydrogens is 581 g/mol. The Morgan fingerprint density at radius 3 is 2.00 bits per heavy atom. The molecule has 4 rings (SSSR count). The number of carbonyl (C=O) groups excluding carboxylic acids is 1. The number of hydrogen-bond donors (Lipinski definition) is 1. The Hall–Kier alpha value is -1.73. The van der Waals surface area contributed by atoms with Crippen LogP contribution in [-0.4, -0.2) is 59.1 Å². The molecule has 0 bridgehead atoms. The summed E-state index contributed by atoms with van der Waals surface area (Å²) in [5, 5.41) is 0. The second-order valence-corrected chi connectivity index (χ2v) is 22.6. The first-order valence-electron chi connectivity index (χ1n) is 15.5. The summed E-state index contributed by atoms with van der Waals surface area (Å²) in [6.45, 7) is 29.7. The van der Waals surface area contributed by atoms with E-state index in [0.717, 1.165) is 11.8 Å². The van der Waals surface area contributed by atoms with Crippen molar-refractivity contribution < 1.29 is 32.1 Å². The third-order valence-corrected chi connectivity index (χ3v) is 19.4. The maximum atomic E-state index is 12.5. The van der Waals surface area contributed by atoms with Gasteiger partial charge in [-0.05, 0) is 47.7 Å². The molecule has 0 radical (unpaired) electrons. The molecule has 4 atom stereocenters. The number of nitrogens with zero attached hydrogens (tertiary/aromatic N) is 1. The van der Waals surface area contributed by atoms with Crippen LogP contribution < -0.4 is 5.48 Å². The third-order valence-electron chi connectivity index (χ3n) is 9.18. The van der Waals surface area contributed by atoms with Crippen molar-refractivity contribution in [2.75, 3.05) is 6.61 Å². The minimum absolute atomic E-state index is 0.0498. The summed E-state index contributed by atoms with van der Waals surface area (Å²) in [7, 11) is -6.19. The Morgan fingerprint density at radius 1 is 0.977 bits per heavy atom. The van der Waals surface area contributed by atoms with E-state index in [4.69, 9.17) is 33.9 Å². The second-order valence-electron chi connectivity index (χ2n) is 13.8. The van der Waals surface area contributed by atoms with Crippen molar-refractivity contribution in [1.82, 2.24) is 5.48 Å². The van der Waals surface area contributed by atoms with Gasteiger partial charge in [0.2, 0.25) is 0 Å². The van der Waals surface area contributed by atoms with Crippen molar-refractivity contribution >= 4 is 23.4 Å². The molecule has 0 amide bonds. The highest BCUT2D eigenvalue weighted by molar-refractivity contribution is 6.84. The lowest BCUT2D eigenvalue weighted by Gasteiger charge is -2.52. The Morgan fingerprint density at radius 2 is 1.53 bits per heavy atom. The monoisotopic (exact) mass is 630 g/mol. The molecule has 1 aromatic rings.